The van der Waals surface area contributed by atoms with Crippen molar-refractivity contribution in [3.63, 3.8) is 0 Å². The Bertz CT molecular complexity index is 263. The summed E-state index contributed by atoms with van der Waals surface area (Å²) in [5.74, 6) is 0. The molecule has 0 aromatic heterocycles. The lowest BCUT2D eigenvalue weighted by Crippen LogP contribution is -2.54. The van der Waals surface area contributed by atoms with E-state index in [1.165, 1.54) is 0 Å². The van der Waals surface area contributed by atoms with Crippen LogP contribution in [0.2, 0.25) is 5.31 Å². The molecule has 0 amide bonds. The number of rotatable bonds is 1. The first-order valence-corrected chi connectivity index (χ1v) is 5.36. The van der Waals surface area contributed by atoms with Crippen molar-refractivity contribution >= 4 is 7.12 Å². The van der Waals surface area contributed by atoms with Crippen LogP contribution in [0, 0.1) is 0 Å². The zero-order chi connectivity index (χ0) is 12.8. The van der Waals surface area contributed by atoms with Crippen molar-refractivity contribution in [3.05, 3.63) is 0 Å². The van der Waals surface area contributed by atoms with Crippen molar-refractivity contribution < 1.29 is 22.5 Å². The summed E-state index contributed by atoms with van der Waals surface area (Å²) in [5.41, 5.74) is -0.579. The van der Waals surface area contributed by atoms with E-state index in [9.17, 15) is 13.2 Å². The summed E-state index contributed by atoms with van der Waals surface area (Å²) >= 11 is 0. The van der Waals surface area contributed by atoms with E-state index in [2.05, 4.69) is 0 Å². The lowest BCUT2D eigenvalue weighted by molar-refractivity contribution is -0.174. The molecule has 0 aromatic carbocycles. The first kappa shape index (κ1) is 13.8. The highest BCUT2D eigenvalue weighted by Crippen LogP contribution is 2.49. The third kappa shape index (κ3) is 2.72. The van der Waals surface area contributed by atoms with Gasteiger partial charge >= 0.3 is 13.3 Å². The van der Waals surface area contributed by atoms with Crippen LogP contribution in [0.3, 0.4) is 0 Å². The minimum atomic E-state index is -4.34. The Balaban J connectivity index is 2.88. The minimum Gasteiger partial charge on any atom is -0.408 e. The summed E-state index contributed by atoms with van der Waals surface area (Å²) in [5, 5.41) is -2.00. The lowest BCUT2D eigenvalue weighted by Gasteiger charge is -2.43. The van der Waals surface area contributed by atoms with Crippen molar-refractivity contribution in [2.75, 3.05) is 0 Å². The molecule has 0 aliphatic carbocycles. The summed E-state index contributed by atoms with van der Waals surface area (Å²) < 4.78 is 49.2. The lowest BCUT2D eigenvalue weighted by atomic mass is 9.57. The standard InChI is InChI=1S/C10H18BF3O2/c1-7-6-8(2,3)16-11(15-7)9(4,5)10(12,13)14/h7H,6H2,1-5H3. The fourth-order valence-corrected chi connectivity index (χ4v) is 1.77. The molecule has 1 fully saturated rings. The fourth-order valence-electron chi connectivity index (χ4n) is 1.77. The SMILES string of the molecule is CC1CC(C)(C)OB(C(C)(C)C(F)(F)F)O1. The van der Waals surface area contributed by atoms with Crippen molar-refractivity contribution in [2.45, 2.75) is 64.2 Å². The molecule has 0 saturated carbocycles. The summed E-state index contributed by atoms with van der Waals surface area (Å²) in [6, 6.07) is 0. The van der Waals surface area contributed by atoms with Gasteiger partial charge in [-0.1, -0.05) is 13.8 Å². The molecule has 0 bridgehead atoms. The smallest absolute Gasteiger partial charge is 0.408 e. The average Bonchev–Trinajstić information content (AvgIpc) is 1.97. The van der Waals surface area contributed by atoms with Crippen LogP contribution >= 0.6 is 0 Å². The van der Waals surface area contributed by atoms with E-state index in [-0.39, 0.29) is 6.10 Å². The van der Waals surface area contributed by atoms with Gasteiger partial charge in [0.15, 0.2) is 0 Å². The maximum Gasteiger partial charge on any atom is 0.472 e. The van der Waals surface area contributed by atoms with E-state index >= 15 is 0 Å². The fraction of sp³-hybridized carbons (Fsp3) is 1.00. The van der Waals surface area contributed by atoms with Gasteiger partial charge in [0.1, 0.15) is 0 Å². The molecule has 0 spiro atoms. The Kier molecular flexibility index (Phi) is 3.38. The number of halogens is 3. The molecule has 6 heteroatoms. The second-order valence-electron chi connectivity index (χ2n) is 5.58. The van der Waals surface area contributed by atoms with Crippen LogP contribution < -0.4 is 0 Å². The first-order chi connectivity index (χ1) is 6.96. The van der Waals surface area contributed by atoms with Gasteiger partial charge in [0.05, 0.1) is 10.9 Å². The summed E-state index contributed by atoms with van der Waals surface area (Å²) in [6.07, 6.45) is -3.97. The molecule has 1 atom stereocenters. The third-order valence-electron chi connectivity index (χ3n) is 2.88. The van der Waals surface area contributed by atoms with Crippen molar-refractivity contribution in [1.29, 1.82) is 0 Å². The highest BCUT2D eigenvalue weighted by molar-refractivity contribution is 6.49. The topological polar surface area (TPSA) is 18.5 Å². The monoisotopic (exact) mass is 238 g/mol. The minimum absolute atomic E-state index is 0.227. The third-order valence-corrected chi connectivity index (χ3v) is 2.88. The summed E-state index contributed by atoms with van der Waals surface area (Å²) in [4.78, 5) is 0. The molecule has 1 heterocycles. The predicted molar refractivity (Wildman–Crippen MR) is 56.2 cm³/mol. The average molecular weight is 238 g/mol. The zero-order valence-corrected chi connectivity index (χ0v) is 10.3. The molecule has 1 unspecified atom stereocenters. The predicted octanol–water partition coefficient (Wildman–Crippen LogP) is 3.42. The Morgan fingerprint density at radius 2 is 1.75 bits per heavy atom. The maximum absolute atomic E-state index is 12.8. The first-order valence-electron chi connectivity index (χ1n) is 5.36. The normalized spacial score (nSPS) is 27.0. The van der Waals surface area contributed by atoms with E-state index in [0.717, 1.165) is 13.8 Å². The molecule has 0 radical (unpaired) electrons. The molecular weight excluding hydrogens is 220 g/mol. The largest absolute Gasteiger partial charge is 0.472 e. The molecular formula is C10H18BF3O2. The van der Waals surface area contributed by atoms with E-state index in [4.69, 9.17) is 9.31 Å². The second-order valence-corrected chi connectivity index (χ2v) is 5.58. The van der Waals surface area contributed by atoms with Gasteiger partial charge in [-0.15, -0.1) is 0 Å². The van der Waals surface area contributed by atoms with Crippen molar-refractivity contribution in [1.82, 2.24) is 0 Å². The van der Waals surface area contributed by atoms with Crippen LogP contribution in [0.5, 0.6) is 0 Å². The Hall–Kier alpha value is -0.225. The quantitative estimate of drug-likeness (QED) is 0.651. The number of hydrogen-bond donors (Lipinski definition) is 0. The van der Waals surface area contributed by atoms with Crippen LogP contribution in [0.15, 0.2) is 0 Å². The van der Waals surface area contributed by atoms with E-state index in [0.29, 0.717) is 6.42 Å². The van der Waals surface area contributed by atoms with Crippen LogP contribution in [0.25, 0.3) is 0 Å². The Labute approximate surface area is 94.6 Å². The van der Waals surface area contributed by atoms with Crippen molar-refractivity contribution in [2.24, 2.45) is 0 Å². The van der Waals surface area contributed by atoms with Gasteiger partial charge in [-0.05, 0) is 27.2 Å². The van der Waals surface area contributed by atoms with Gasteiger partial charge in [-0.2, -0.15) is 13.2 Å². The second kappa shape index (κ2) is 3.91. The Morgan fingerprint density at radius 3 is 2.12 bits per heavy atom. The molecule has 2 nitrogen and oxygen atoms in total. The summed E-state index contributed by atoms with van der Waals surface area (Å²) in [6.45, 7) is 7.54. The molecule has 0 N–H and O–H groups in total. The van der Waals surface area contributed by atoms with Gasteiger partial charge in [-0.3, -0.25) is 0 Å². The van der Waals surface area contributed by atoms with E-state index in [1.54, 1.807) is 20.8 Å². The van der Waals surface area contributed by atoms with Gasteiger partial charge in [0.25, 0.3) is 0 Å². The van der Waals surface area contributed by atoms with Crippen LogP contribution in [-0.2, 0) is 9.31 Å². The molecule has 1 aliphatic rings. The highest BCUT2D eigenvalue weighted by atomic mass is 19.4. The van der Waals surface area contributed by atoms with Crippen LogP contribution in [-0.4, -0.2) is 25.0 Å². The zero-order valence-electron chi connectivity index (χ0n) is 10.3. The molecule has 0 aromatic rings. The van der Waals surface area contributed by atoms with E-state index in [1.807, 2.05) is 0 Å². The molecule has 94 valence electrons. The highest BCUT2D eigenvalue weighted by Gasteiger charge is 2.60. The van der Waals surface area contributed by atoms with E-state index < -0.39 is 24.2 Å². The number of hydrogen-bond acceptors (Lipinski definition) is 2. The molecule has 1 saturated heterocycles. The summed E-state index contributed by atoms with van der Waals surface area (Å²) in [7, 11) is -1.24. The van der Waals surface area contributed by atoms with Gasteiger partial charge < -0.3 is 9.31 Å². The van der Waals surface area contributed by atoms with Crippen LogP contribution in [0.4, 0.5) is 13.2 Å². The van der Waals surface area contributed by atoms with Crippen LogP contribution in [0.1, 0.15) is 41.0 Å². The van der Waals surface area contributed by atoms with Gasteiger partial charge in [0, 0.05) is 6.10 Å². The molecule has 1 aliphatic heterocycles. The molecule has 16 heavy (non-hydrogen) atoms. The van der Waals surface area contributed by atoms with Crippen molar-refractivity contribution in [3.8, 4) is 0 Å². The Morgan fingerprint density at radius 1 is 1.25 bits per heavy atom. The van der Waals surface area contributed by atoms with Gasteiger partial charge in [0.2, 0.25) is 0 Å². The number of alkyl halides is 3. The van der Waals surface area contributed by atoms with Gasteiger partial charge in [-0.25, -0.2) is 0 Å². The molecule has 1 rings (SSSR count). The maximum atomic E-state index is 12.8.